The van der Waals surface area contributed by atoms with Gasteiger partial charge in [-0.25, -0.2) is 9.59 Å². The first-order chi connectivity index (χ1) is 9.99. The zero-order chi connectivity index (χ0) is 15.4. The second-order valence-corrected chi connectivity index (χ2v) is 5.96. The Labute approximate surface area is 123 Å². The predicted octanol–water partition coefficient (Wildman–Crippen LogP) is 0.679. The number of likely N-dealkylation sites (tertiary alicyclic amines) is 1. The molecule has 0 aromatic carbocycles. The molecule has 1 saturated heterocycles. The number of urea groups is 1. The van der Waals surface area contributed by atoms with E-state index >= 15 is 0 Å². The number of amides is 3. The molecule has 0 aromatic heterocycles. The number of carbonyl (C=O) groups is 3. The zero-order valence-corrected chi connectivity index (χ0v) is 12.1. The van der Waals surface area contributed by atoms with Gasteiger partial charge in [0.1, 0.15) is 6.04 Å². The fourth-order valence-electron chi connectivity index (χ4n) is 3.51. The van der Waals surface area contributed by atoms with Crippen LogP contribution in [0.2, 0.25) is 0 Å². The van der Waals surface area contributed by atoms with Gasteiger partial charge < -0.3 is 21.1 Å². The van der Waals surface area contributed by atoms with Gasteiger partial charge in [-0.2, -0.15) is 0 Å². The maximum atomic E-state index is 12.3. The van der Waals surface area contributed by atoms with Crippen molar-refractivity contribution in [3.05, 3.63) is 0 Å². The maximum absolute atomic E-state index is 12.3. The third-order valence-corrected chi connectivity index (χ3v) is 4.51. The number of rotatable bonds is 4. The number of hydrogen-bond donors (Lipinski definition) is 3. The van der Waals surface area contributed by atoms with E-state index in [1.54, 1.807) is 4.90 Å². The van der Waals surface area contributed by atoms with Gasteiger partial charge >= 0.3 is 12.0 Å². The lowest BCUT2D eigenvalue weighted by molar-refractivity contribution is -0.141. The van der Waals surface area contributed by atoms with Gasteiger partial charge in [0.25, 0.3) is 0 Å². The summed E-state index contributed by atoms with van der Waals surface area (Å²) in [7, 11) is 0. The summed E-state index contributed by atoms with van der Waals surface area (Å²) < 4.78 is 0. The van der Waals surface area contributed by atoms with Crippen LogP contribution in [0, 0.1) is 5.92 Å². The average Bonchev–Trinajstić information content (AvgIpc) is 2.45. The Morgan fingerprint density at radius 3 is 2.52 bits per heavy atom. The Balaban J connectivity index is 2.00. The SMILES string of the molecule is NC(=O)C[C@H](NC(=O)N1CCCC2CCCCC21)C(=O)O. The van der Waals surface area contributed by atoms with Crippen LogP contribution < -0.4 is 11.1 Å². The lowest BCUT2D eigenvalue weighted by atomic mass is 9.78. The number of aliphatic carboxylic acids is 1. The summed E-state index contributed by atoms with van der Waals surface area (Å²) in [6, 6.07) is -1.44. The molecular weight excluding hydrogens is 274 g/mol. The van der Waals surface area contributed by atoms with Crippen molar-refractivity contribution in [1.82, 2.24) is 10.2 Å². The van der Waals surface area contributed by atoms with Crippen LogP contribution in [0.3, 0.4) is 0 Å². The van der Waals surface area contributed by atoms with Crippen LogP contribution in [0.5, 0.6) is 0 Å². The van der Waals surface area contributed by atoms with Gasteiger partial charge in [0.15, 0.2) is 0 Å². The van der Waals surface area contributed by atoms with Gasteiger partial charge in [-0.3, -0.25) is 4.79 Å². The fourth-order valence-corrected chi connectivity index (χ4v) is 3.51. The minimum atomic E-state index is -1.25. The number of nitrogens with two attached hydrogens (primary N) is 1. The molecule has 21 heavy (non-hydrogen) atoms. The highest BCUT2D eigenvalue weighted by Crippen LogP contribution is 2.35. The first kappa shape index (κ1) is 15.6. The molecule has 1 saturated carbocycles. The molecule has 0 radical (unpaired) electrons. The highest BCUT2D eigenvalue weighted by molar-refractivity contribution is 5.87. The van der Waals surface area contributed by atoms with E-state index in [2.05, 4.69) is 5.32 Å². The fraction of sp³-hybridized carbons (Fsp3) is 0.786. The molecule has 0 spiro atoms. The van der Waals surface area contributed by atoms with Crippen LogP contribution in [0.15, 0.2) is 0 Å². The number of hydrogen-bond acceptors (Lipinski definition) is 3. The molecule has 0 bridgehead atoms. The van der Waals surface area contributed by atoms with Crippen molar-refractivity contribution in [3.8, 4) is 0 Å². The summed E-state index contributed by atoms with van der Waals surface area (Å²) in [5.74, 6) is -1.45. The number of nitrogens with zero attached hydrogens (tertiary/aromatic N) is 1. The third kappa shape index (κ3) is 3.86. The molecule has 2 aliphatic rings. The summed E-state index contributed by atoms with van der Waals surface area (Å²) in [5, 5.41) is 11.5. The van der Waals surface area contributed by atoms with E-state index in [1.807, 2.05) is 0 Å². The van der Waals surface area contributed by atoms with Crippen LogP contribution in [-0.4, -0.2) is 46.5 Å². The Kier molecular flexibility index (Phi) is 5.03. The molecule has 2 unspecified atom stereocenters. The van der Waals surface area contributed by atoms with Gasteiger partial charge in [0.2, 0.25) is 5.91 Å². The molecule has 118 valence electrons. The highest BCUT2D eigenvalue weighted by atomic mass is 16.4. The normalized spacial score (nSPS) is 26.6. The van der Waals surface area contributed by atoms with Crippen molar-refractivity contribution in [1.29, 1.82) is 0 Å². The van der Waals surface area contributed by atoms with Crippen molar-refractivity contribution in [3.63, 3.8) is 0 Å². The summed E-state index contributed by atoms with van der Waals surface area (Å²) in [6.45, 7) is 0.649. The van der Waals surface area contributed by atoms with E-state index in [1.165, 1.54) is 6.42 Å². The lowest BCUT2D eigenvalue weighted by Gasteiger charge is -2.44. The topological polar surface area (TPSA) is 113 Å². The third-order valence-electron chi connectivity index (χ3n) is 4.51. The number of primary amides is 1. The molecule has 1 heterocycles. The largest absolute Gasteiger partial charge is 0.480 e. The molecule has 3 amide bonds. The quantitative estimate of drug-likeness (QED) is 0.708. The number of carboxylic acids is 1. The first-order valence-corrected chi connectivity index (χ1v) is 7.57. The number of piperidine rings is 1. The van der Waals surface area contributed by atoms with E-state index < -0.39 is 17.9 Å². The summed E-state index contributed by atoms with van der Waals surface area (Å²) in [4.78, 5) is 36.1. The van der Waals surface area contributed by atoms with Gasteiger partial charge in [-0.1, -0.05) is 12.8 Å². The maximum Gasteiger partial charge on any atom is 0.326 e. The van der Waals surface area contributed by atoms with Crippen molar-refractivity contribution in [2.45, 2.75) is 57.0 Å². The number of fused-ring (bicyclic) bond motifs is 1. The van der Waals surface area contributed by atoms with Gasteiger partial charge in [-0.15, -0.1) is 0 Å². The molecule has 3 atom stereocenters. The molecular formula is C14H23N3O4. The minimum Gasteiger partial charge on any atom is -0.480 e. The molecule has 2 fully saturated rings. The van der Waals surface area contributed by atoms with Gasteiger partial charge in [0, 0.05) is 12.6 Å². The van der Waals surface area contributed by atoms with Crippen LogP contribution >= 0.6 is 0 Å². The molecule has 0 aromatic rings. The molecule has 4 N–H and O–H groups in total. The van der Waals surface area contributed by atoms with Crippen LogP contribution in [0.25, 0.3) is 0 Å². The summed E-state index contributed by atoms with van der Waals surface area (Å²) in [6.07, 6.45) is 6.12. The first-order valence-electron chi connectivity index (χ1n) is 7.57. The number of carbonyl (C=O) groups excluding carboxylic acids is 2. The Hall–Kier alpha value is -1.79. The zero-order valence-electron chi connectivity index (χ0n) is 12.1. The molecule has 1 aliphatic heterocycles. The van der Waals surface area contributed by atoms with Crippen molar-refractivity contribution in [2.75, 3.05) is 6.54 Å². The van der Waals surface area contributed by atoms with Crippen molar-refractivity contribution < 1.29 is 19.5 Å². The smallest absolute Gasteiger partial charge is 0.326 e. The monoisotopic (exact) mass is 297 g/mol. The number of carboxylic acid groups (broad SMARTS) is 1. The van der Waals surface area contributed by atoms with E-state index in [0.29, 0.717) is 12.5 Å². The lowest BCUT2D eigenvalue weighted by Crippen LogP contribution is -2.56. The van der Waals surface area contributed by atoms with E-state index in [0.717, 1.165) is 32.1 Å². The average molecular weight is 297 g/mol. The Bertz CT molecular complexity index is 424. The van der Waals surface area contributed by atoms with Crippen LogP contribution in [0.4, 0.5) is 4.79 Å². The molecule has 2 rings (SSSR count). The predicted molar refractivity (Wildman–Crippen MR) is 75.5 cm³/mol. The summed E-state index contributed by atoms with van der Waals surface area (Å²) >= 11 is 0. The van der Waals surface area contributed by atoms with Crippen LogP contribution in [-0.2, 0) is 9.59 Å². The van der Waals surface area contributed by atoms with E-state index in [-0.39, 0.29) is 18.5 Å². The van der Waals surface area contributed by atoms with Gasteiger partial charge in [-0.05, 0) is 31.6 Å². The van der Waals surface area contributed by atoms with E-state index in [4.69, 9.17) is 10.8 Å². The number of nitrogens with one attached hydrogen (secondary N) is 1. The Morgan fingerprint density at radius 2 is 1.86 bits per heavy atom. The second kappa shape index (κ2) is 6.78. The highest BCUT2D eigenvalue weighted by Gasteiger charge is 2.36. The standard InChI is InChI=1S/C14H23N3O4/c15-12(18)8-10(13(19)20)16-14(21)17-7-3-5-9-4-1-2-6-11(9)17/h9-11H,1-8H2,(H2,15,18)(H,16,21)(H,19,20)/t9?,10-,11?/m0/s1. The van der Waals surface area contributed by atoms with Crippen molar-refractivity contribution >= 4 is 17.9 Å². The van der Waals surface area contributed by atoms with E-state index in [9.17, 15) is 14.4 Å². The van der Waals surface area contributed by atoms with Gasteiger partial charge in [0.05, 0.1) is 6.42 Å². The Morgan fingerprint density at radius 1 is 1.19 bits per heavy atom. The second-order valence-electron chi connectivity index (χ2n) is 5.96. The molecule has 7 nitrogen and oxygen atoms in total. The summed E-state index contributed by atoms with van der Waals surface area (Å²) in [5.41, 5.74) is 5.02. The van der Waals surface area contributed by atoms with Crippen molar-refractivity contribution in [2.24, 2.45) is 11.7 Å². The van der Waals surface area contributed by atoms with Crippen LogP contribution in [0.1, 0.15) is 44.9 Å². The molecule has 7 heteroatoms. The molecule has 1 aliphatic carbocycles. The minimum absolute atomic E-state index is 0.204.